The van der Waals surface area contributed by atoms with Crippen molar-refractivity contribution in [2.45, 2.75) is 51.7 Å². The van der Waals surface area contributed by atoms with E-state index in [-0.39, 0.29) is 6.10 Å². The molecule has 0 aliphatic heterocycles. The summed E-state index contributed by atoms with van der Waals surface area (Å²) in [5, 5.41) is 4.26. The number of ether oxygens (including phenoxy) is 1. The molecule has 1 amide bonds. The van der Waals surface area contributed by atoms with Crippen molar-refractivity contribution in [1.82, 2.24) is 0 Å². The minimum atomic E-state index is -0.504. The van der Waals surface area contributed by atoms with Crippen LogP contribution in [0.3, 0.4) is 0 Å². The average molecular weight is 283 g/mol. The second kappa shape index (κ2) is 5.69. The summed E-state index contributed by atoms with van der Waals surface area (Å²) in [5.74, 6) is 0.0660. The average Bonchev–Trinajstić information content (AvgIpc) is 2.91. The molecule has 0 aromatic carbocycles. The molecule has 1 aliphatic rings. The highest BCUT2D eigenvalue weighted by molar-refractivity contribution is 7.19. The number of carbonyl (C=O) groups excluding carboxylic acids is 1. The fourth-order valence-corrected chi connectivity index (χ4v) is 3.30. The fourth-order valence-electron chi connectivity index (χ4n) is 2.32. The van der Waals surface area contributed by atoms with Gasteiger partial charge in [0.1, 0.15) is 15.6 Å². The first-order chi connectivity index (χ1) is 8.99. The Balaban J connectivity index is 2.28. The Morgan fingerprint density at radius 1 is 1.42 bits per heavy atom. The number of anilines is 2. The molecule has 1 aliphatic carbocycles. The SMILES string of the molecule is CC(C)Oc1c(NC2CCCC2)sc(C(N)=O)c1N. The first kappa shape index (κ1) is 14.0. The van der Waals surface area contributed by atoms with Gasteiger partial charge in [0.15, 0.2) is 5.75 Å². The number of rotatable bonds is 5. The summed E-state index contributed by atoms with van der Waals surface area (Å²) in [7, 11) is 0. The Labute approximate surface area is 117 Å². The summed E-state index contributed by atoms with van der Waals surface area (Å²) in [6.45, 7) is 3.86. The number of amides is 1. The summed E-state index contributed by atoms with van der Waals surface area (Å²) in [6, 6.07) is 0.438. The van der Waals surface area contributed by atoms with Crippen LogP contribution in [0.1, 0.15) is 49.2 Å². The fraction of sp³-hybridized carbons (Fsp3) is 0.615. The van der Waals surface area contributed by atoms with Crippen LogP contribution in [0.2, 0.25) is 0 Å². The van der Waals surface area contributed by atoms with Gasteiger partial charge in [-0.1, -0.05) is 12.8 Å². The van der Waals surface area contributed by atoms with E-state index in [0.717, 1.165) is 17.8 Å². The van der Waals surface area contributed by atoms with E-state index in [9.17, 15) is 4.79 Å². The van der Waals surface area contributed by atoms with E-state index < -0.39 is 5.91 Å². The maximum Gasteiger partial charge on any atom is 0.261 e. The molecule has 1 heterocycles. The Morgan fingerprint density at radius 2 is 2.05 bits per heavy atom. The third-order valence-electron chi connectivity index (χ3n) is 3.17. The lowest BCUT2D eigenvalue weighted by molar-refractivity contribution is 0.100. The predicted octanol–water partition coefficient (Wildman–Crippen LogP) is 2.57. The number of nitrogen functional groups attached to an aromatic ring is 1. The largest absolute Gasteiger partial charge is 0.486 e. The maximum atomic E-state index is 11.4. The van der Waals surface area contributed by atoms with Gasteiger partial charge in [-0.15, -0.1) is 11.3 Å². The minimum absolute atomic E-state index is 0.00162. The first-order valence-corrected chi connectivity index (χ1v) is 7.46. The molecule has 5 N–H and O–H groups in total. The van der Waals surface area contributed by atoms with Crippen LogP contribution in [0.4, 0.5) is 10.7 Å². The van der Waals surface area contributed by atoms with Crippen molar-refractivity contribution in [3.8, 4) is 5.75 Å². The normalized spacial score (nSPS) is 15.9. The van der Waals surface area contributed by atoms with Gasteiger partial charge in [-0.2, -0.15) is 0 Å². The molecule has 1 aromatic rings. The van der Waals surface area contributed by atoms with Gasteiger partial charge < -0.3 is 21.5 Å². The zero-order chi connectivity index (χ0) is 14.0. The molecule has 1 fully saturated rings. The van der Waals surface area contributed by atoms with Crippen molar-refractivity contribution in [2.24, 2.45) is 5.73 Å². The smallest absolute Gasteiger partial charge is 0.261 e. The molecule has 0 bridgehead atoms. The van der Waals surface area contributed by atoms with E-state index in [0.29, 0.717) is 22.4 Å². The van der Waals surface area contributed by atoms with E-state index in [1.165, 1.54) is 24.2 Å². The van der Waals surface area contributed by atoms with Crippen LogP contribution in [-0.2, 0) is 0 Å². The highest BCUT2D eigenvalue weighted by Crippen LogP contribution is 2.44. The number of nitrogens with one attached hydrogen (secondary N) is 1. The highest BCUT2D eigenvalue weighted by Gasteiger charge is 2.24. The number of hydrogen-bond donors (Lipinski definition) is 3. The van der Waals surface area contributed by atoms with Gasteiger partial charge in [0.2, 0.25) is 0 Å². The van der Waals surface area contributed by atoms with Crippen LogP contribution in [0.5, 0.6) is 5.75 Å². The predicted molar refractivity (Wildman–Crippen MR) is 78.9 cm³/mol. The van der Waals surface area contributed by atoms with Gasteiger partial charge in [-0.25, -0.2) is 0 Å². The van der Waals surface area contributed by atoms with Crippen LogP contribution >= 0.6 is 11.3 Å². The molecule has 0 atom stereocenters. The molecule has 19 heavy (non-hydrogen) atoms. The lowest BCUT2D eigenvalue weighted by atomic mass is 10.2. The minimum Gasteiger partial charge on any atom is -0.486 e. The first-order valence-electron chi connectivity index (χ1n) is 6.64. The van der Waals surface area contributed by atoms with Crippen molar-refractivity contribution in [3.05, 3.63) is 4.88 Å². The second-order valence-corrected chi connectivity index (χ2v) is 6.18. The van der Waals surface area contributed by atoms with E-state index >= 15 is 0 Å². The molecular weight excluding hydrogens is 262 g/mol. The molecule has 6 heteroatoms. The number of thiophene rings is 1. The van der Waals surface area contributed by atoms with E-state index in [2.05, 4.69) is 5.32 Å². The maximum absolute atomic E-state index is 11.4. The molecule has 0 spiro atoms. The Hall–Kier alpha value is -1.43. The van der Waals surface area contributed by atoms with Gasteiger partial charge >= 0.3 is 0 Å². The van der Waals surface area contributed by atoms with Gasteiger partial charge in [0.05, 0.1) is 6.10 Å². The molecule has 0 radical (unpaired) electrons. The summed E-state index contributed by atoms with van der Waals surface area (Å²) in [6.07, 6.45) is 4.76. The standard InChI is InChI=1S/C13H21N3O2S/c1-7(2)18-10-9(14)11(12(15)17)19-13(10)16-8-5-3-4-6-8/h7-8,16H,3-6,14H2,1-2H3,(H2,15,17). The molecule has 1 aromatic heterocycles. The number of nitrogens with two attached hydrogens (primary N) is 2. The van der Waals surface area contributed by atoms with Gasteiger partial charge in [-0.05, 0) is 26.7 Å². The van der Waals surface area contributed by atoms with Crippen molar-refractivity contribution in [3.63, 3.8) is 0 Å². The van der Waals surface area contributed by atoms with Crippen LogP contribution in [0.25, 0.3) is 0 Å². The summed E-state index contributed by atoms with van der Waals surface area (Å²) in [5.41, 5.74) is 11.7. The Morgan fingerprint density at radius 3 is 2.58 bits per heavy atom. The lowest BCUT2D eigenvalue weighted by Gasteiger charge is -2.16. The Bertz CT molecular complexity index is 465. The zero-order valence-electron chi connectivity index (χ0n) is 11.4. The number of hydrogen-bond acceptors (Lipinski definition) is 5. The van der Waals surface area contributed by atoms with Gasteiger partial charge in [-0.3, -0.25) is 4.79 Å². The summed E-state index contributed by atoms with van der Waals surface area (Å²) in [4.78, 5) is 11.8. The molecule has 1 saturated carbocycles. The Kier molecular flexibility index (Phi) is 4.19. The molecular formula is C13H21N3O2S. The summed E-state index contributed by atoms with van der Waals surface area (Å²) >= 11 is 1.29. The van der Waals surface area contributed by atoms with Gasteiger partial charge in [0, 0.05) is 6.04 Å². The van der Waals surface area contributed by atoms with Crippen LogP contribution in [0.15, 0.2) is 0 Å². The third kappa shape index (κ3) is 3.12. The zero-order valence-corrected chi connectivity index (χ0v) is 12.2. The van der Waals surface area contributed by atoms with E-state index in [4.69, 9.17) is 16.2 Å². The quantitative estimate of drug-likeness (QED) is 0.774. The van der Waals surface area contributed by atoms with Crippen LogP contribution < -0.4 is 21.5 Å². The molecule has 106 valence electrons. The van der Waals surface area contributed by atoms with Crippen LogP contribution in [-0.4, -0.2) is 18.1 Å². The van der Waals surface area contributed by atoms with Crippen LogP contribution in [0, 0.1) is 0 Å². The highest BCUT2D eigenvalue weighted by atomic mass is 32.1. The molecule has 0 unspecified atom stereocenters. The van der Waals surface area contributed by atoms with Gasteiger partial charge in [0.25, 0.3) is 5.91 Å². The second-order valence-electron chi connectivity index (χ2n) is 5.16. The molecule has 0 saturated heterocycles. The lowest BCUT2D eigenvalue weighted by Crippen LogP contribution is -2.15. The number of primary amides is 1. The number of carbonyl (C=O) groups is 1. The van der Waals surface area contributed by atoms with E-state index in [1.54, 1.807) is 0 Å². The molecule has 2 rings (SSSR count). The van der Waals surface area contributed by atoms with E-state index in [1.807, 2.05) is 13.8 Å². The van der Waals surface area contributed by atoms with Crippen molar-refractivity contribution in [1.29, 1.82) is 0 Å². The third-order valence-corrected chi connectivity index (χ3v) is 4.30. The monoisotopic (exact) mass is 283 g/mol. The van der Waals surface area contributed by atoms with Crippen molar-refractivity contribution < 1.29 is 9.53 Å². The van der Waals surface area contributed by atoms with Crippen molar-refractivity contribution in [2.75, 3.05) is 11.1 Å². The molecule has 5 nitrogen and oxygen atoms in total. The summed E-state index contributed by atoms with van der Waals surface area (Å²) < 4.78 is 5.73. The topological polar surface area (TPSA) is 90.4 Å². The van der Waals surface area contributed by atoms with Crippen molar-refractivity contribution >= 4 is 27.9 Å².